The molecule has 2 atom stereocenters. The quantitative estimate of drug-likeness (QED) is 0.505. The lowest BCUT2D eigenvalue weighted by molar-refractivity contribution is -0.124. The maximum Gasteiger partial charge on any atom is 0.136 e. The van der Waals surface area contributed by atoms with Gasteiger partial charge in [-0.2, -0.15) is 0 Å². The third kappa shape index (κ3) is 1.31. The minimum Gasteiger partial charge on any atom is -0.300 e. The molecule has 0 amide bonds. The number of piperidine rings is 1. The van der Waals surface area contributed by atoms with E-state index >= 15 is 0 Å². The van der Waals surface area contributed by atoms with Crippen molar-refractivity contribution in [2.24, 2.45) is 0 Å². The van der Waals surface area contributed by atoms with Gasteiger partial charge in [-0.25, -0.2) is 0 Å². The molecule has 0 bridgehead atoms. The van der Waals surface area contributed by atoms with E-state index in [0.29, 0.717) is 17.9 Å². The second kappa shape index (κ2) is 3.02. The third-order valence-electron chi connectivity index (χ3n) is 2.86. The molecule has 0 saturated carbocycles. The van der Waals surface area contributed by atoms with Gasteiger partial charge in [0.1, 0.15) is 5.78 Å². The van der Waals surface area contributed by atoms with Crippen molar-refractivity contribution in [2.75, 3.05) is 6.54 Å². The van der Waals surface area contributed by atoms with Crippen LogP contribution in [0.5, 0.6) is 0 Å². The molecule has 0 aromatic rings. The summed E-state index contributed by atoms with van der Waals surface area (Å²) in [6, 6.07) is 0.871. The molecular formula is C10H15NO. The molecule has 1 fully saturated rings. The van der Waals surface area contributed by atoms with Gasteiger partial charge in [-0.1, -0.05) is 12.2 Å². The first-order valence-corrected chi connectivity index (χ1v) is 4.71. The first-order valence-electron chi connectivity index (χ1n) is 4.71. The molecule has 2 aliphatic heterocycles. The van der Waals surface area contributed by atoms with Crippen LogP contribution in [0, 0.1) is 0 Å². The van der Waals surface area contributed by atoms with Crippen LogP contribution in [-0.4, -0.2) is 29.3 Å². The Morgan fingerprint density at radius 3 is 3.17 bits per heavy atom. The van der Waals surface area contributed by atoms with E-state index in [1.54, 1.807) is 0 Å². The largest absolute Gasteiger partial charge is 0.300 e. The van der Waals surface area contributed by atoms with Crippen LogP contribution in [0.15, 0.2) is 12.2 Å². The van der Waals surface area contributed by atoms with Crippen molar-refractivity contribution in [3.63, 3.8) is 0 Å². The summed E-state index contributed by atoms with van der Waals surface area (Å²) in [4.78, 5) is 13.7. The van der Waals surface area contributed by atoms with Crippen LogP contribution in [0.2, 0.25) is 0 Å². The summed E-state index contributed by atoms with van der Waals surface area (Å²) in [6.45, 7) is 3.29. The molecule has 2 heteroatoms. The average Bonchev–Trinajstić information content (AvgIpc) is 2.04. The van der Waals surface area contributed by atoms with E-state index in [4.69, 9.17) is 0 Å². The van der Waals surface area contributed by atoms with Gasteiger partial charge < -0.3 is 0 Å². The zero-order chi connectivity index (χ0) is 8.55. The Morgan fingerprint density at radius 2 is 2.33 bits per heavy atom. The monoisotopic (exact) mass is 165 g/mol. The summed E-state index contributed by atoms with van der Waals surface area (Å²) in [7, 11) is 0. The van der Waals surface area contributed by atoms with Crippen LogP contribution >= 0.6 is 0 Å². The summed E-state index contributed by atoms with van der Waals surface area (Å²) < 4.78 is 0. The van der Waals surface area contributed by atoms with Gasteiger partial charge in [-0.05, 0) is 13.3 Å². The van der Waals surface area contributed by atoms with Crippen LogP contribution in [0.1, 0.15) is 26.2 Å². The molecule has 2 nitrogen and oxygen atoms in total. The molecule has 0 radical (unpaired) electrons. The lowest BCUT2D eigenvalue weighted by Gasteiger charge is -2.40. The van der Waals surface area contributed by atoms with E-state index in [-0.39, 0.29) is 0 Å². The van der Waals surface area contributed by atoms with Crippen molar-refractivity contribution in [3.05, 3.63) is 12.2 Å². The Balaban J connectivity index is 2.15. The smallest absolute Gasteiger partial charge is 0.136 e. The number of hydrogen-bond acceptors (Lipinski definition) is 2. The lowest BCUT2D eigenvalue weighted by atomic mass is 9.92. The SMILES string of the molecule is C[C@@H]1CC(=O)C[C@H]2C=CCCN12. The predicted octanol–water partition coefficient (Wildman–Crippen LogP) is 1.37. The van der Waals surface area contributed by atoms with E-state index in [1.807, 2.05) is 0 Å². The molecule has 0 aromatic heterocycles. The van der Waals surface area contributed by atoms with Crippen LogP contribution in [0.25, 0.3) is 0 Å². The van der Waals surface area contributed by atoms with Gasteiger partial charge in [0, 0.05) is 31.5 Å². The summed E-state index contributed by atoms with van der Waals surface area (Å²) >= 11 is 0. The van der Waals surface area contributed by atoms with E-state index in [1.165, 1.54) is 0 Å². The van der Waals surface area contributed by atoms with Crippen molar-refractivity contribution in [3.8, 4) is 0 Å². The predicted molar refractivity (Wildman–Crippen MR) is 48.0 cm³/mol. The van der Waals surface area contributed by atoms with Gasteiger partial charge in [-0.15, -0.1) is 0 Å². The Hall–Kier alpha value is -0.630. The fourth-order valence-electron chi connectivity index (χ4n) is 2.25. The van der Waals surface area contributed by atoms with E-state index < -0.39 is 0 Å². The molecule has 2 rings (SSSR count). The number of nitrogens with zero attached hydrogens (tertiary/aromatic N) is 1. The normalized spacial score (nSPS) is 36.6. The van der Waals surface area contributed by atoms with Crippen LogP contribution < -0.4 is 0 Å². The number of ketones is 1. The third-order valence-corrected chi connectivity index (χ3v) is 2.86. The second-order valence-electron chi connectivity index (χ2n) is 3.82. The van der Waals surface area contributed by atoms with Gasteiger partial charge in [0.2, 0.25) is 0 Å². The average molecular weight is 165 g/mol. The van der Waals surface area contributed by atoms with E-state index in [2.05, 4.69) is 24.0 Å². The molecule has 2 aliphatic rings. The highest BCUT2D eigenvalue weighted by atomic mass is 16.1. The van der Waals surface area contributed by atoms with Crippen molar-refractivity contribution in [1.82, 2.24) is 4.90 Å². The Morgan fingerprint density at radius 1 is 1.50 bits per heavy atom. The first-order chi connectivity index (χ1) is 5.77. The molecule has 0 spiro atoms. The number of rotatable bonds is 0. The summed E-state index contributed by atoms with van der Waals surface area (Å²) in [5.74, 6) is 0.426. The number of fused-ring (bicyclic) bond motifs is 1. The van der Waals surface area contributed by atoms with Crippen molar-refractivity contribution < 1.29 is 4.79 Å². The second-order valence-corrected chi connectivity index (χ2v) is 3.82. The molecule has 0 aromatic carbocycles. The highest BCUT2D eigenvalue weighted by Crippen LogP contribution is 2.24. The highest BCUT2D eigenvalue weighted by Gasteiger charge is 2.31. The molecular weight excluding hydrogens is 150 g/mol. The van der Waals surface area contributed by atoms with Crippen molar-refractivity contribution >= 4 is 5.78 Å². The molecule has 12 heavy (non-hydrogen) atoms. The zero-order valence-corrected chi connectivity index (χ0v) is 7.49. The summed E-state index contributed by atoms with van der Waals surface area (Å²) in [6.07, 6.45) is 7.03. The van der Waals surface area contributed by atoms with Crippen molar-refractivity contribution in [2.45, 2.75) is 38.3 Å². The Labute approximate surface area is 73.2 Å². The fourth-order valence-corrected chi connectivity index (χ4v) is 2.25. The van der Waals surface area contributed by atoms with Gasteiger partial charge in [0.25, 0.3) is 0 Å². The number of carbonyl (C=O) groups is 1. The van der Waals surface area contributed by atoms with Crippen LogP contribution in [-0.2, 0) is 4.79 Å². The molecule has 1 saturated heterocycles. The highest BCUT2D eigenvalue weighted by molar-refractivity contribution is 5.80. The van der Waals surface area contributed by atoms with Gasteiger partial charge in [0.15, 0.2) is 0 Å². The number of hydrogen-bond donors (Lipinski definition) is 0. The van der Waals surface area contributed by atoms with Crippen LogP contribution in [0.4, 0.5) is 0 Å². The standard InChI is InChI=1S/C10H15NO/c1-8-6-10(12)7-9-4-2-3-5-11(8)9/h2,4,8-9H,3,5-7H2,1H3/t8-,9-/m1/s1. The first kappa shape index (κ1) is 7.99. The Kier molecular flexibility index (Phi) is 2.01. The molecule has 0 N–H and O–H groups in total. The molecule has 0 aliphatic carbocycles. The number of Topliss-reactive ketones (excluding diaryl/α,β-unsaturated/α-hetero) is 1. The topological polar surface area (TPSA) is 20.3 Å². The number of carbonyl (C=O) groups excluding carboxylic acids is 1. The van der Waals surface area contributed by atoms with Gasteiger partial charge >= 0.3 is 0 Å². The van der Waals surface area contributed by atoms with Crippen molar-refractivity contribution in [1.29, 1.82) is 0 Å². The Bertz CT molecular complexity index is 222. The van der Waals surface area contributed by atoms with E-state index in [0.717, 1.165) is 25.8 Å². The maximum absolute atomic E-state index is 11.3. The van der Waals surface area contributed by atoms with Gasteiger partial charge in [0.05, 0.1) is 0 Å². The summed E-state index contributed by atoms with van der Waals surface area (Å²) in [5.41, 5.74) is 0. The minimum absolute atomic E-state index is 0.412. The van der Waals surface area contributed by atoms with Crippen LogP contribution in [0.3, 0.4) is 0 Å². The van der Waals surface area contributed by atoms with Gasteiger partial charge in [-0.3, -0.25) is 9.69 Å². The maximum atomic E-state index is 11.3. The fraction of sp³-hybridized carbons (Fsp3) is 0.700. The molecule has 2 heterocycles. The van der Waals surface area contributed by atoms with E-state index in [9.17, 15) is 4.79 Å². The molecule has 0 unspecified atom stereocenters. The summed E-state index contributed by atoms with van der Waals surface area (Å²) in [5, 5.41) is 0. The molecule has 66 valence electrons. The lowest BCUT2D eigenvalue weighted by Crippen LogP contribution is -2.48. The zero-order valence-electron chi connectivity index (χ0n) is 7.49. The minimum atomic E-state index is 0.412.